The minimum Gasteiger partial charge on any atom is -0.325 e. The maximum atomic E-state index is 12.2. The second-order valence-electron chi connectivity index (χ2n) is 5.44. The van der Waals surface area contributed by atoms with E-state index in [0.29, 0.717) is 11.7 Å². The van der Waals surface area contributed by atoms with E-state index >= 15 is 0 Å². The molecule has 2 nitrogen and oxygen atoms in total. The monoisotopic (exact) mass is 353 g/mol. The van der Waals surface area contributed by atoms with Crippen molar-refractivity contribution in [2.75, 3.05) is 11.1 Å². The fourth-order valence-corrected chi connectivity index (χ4v) is 4.22. The number of nitrogens with one attached hydrogen (secondary N) is 1. The Labute approximate surface area is 145 Å². The SMILES string of the molecule is Cc1cccc(C(C)C)c1NC(=O)CSCc1ccc(Cl)s1. The van der Waals surface area contributed by atoms with Crippen molar-refractivity contribution in [2.24, 2.45) is 0 Å². The average Bonchev–Trinajstić information content (AvgIpc) is 2.86. The highest BCUT2D eigenvalue weighted by Gasteiger charge is 2.12. The lowest BCUT2D eigenvalue weighted by molar-refractivity contribution is -0.113. The minimum absolute atomic E-state index is 0.0452. The predicted molar refractivity (Wildman–Crippen MR) is 99.4 cm³/mol. The summed E-state index contributed by atoms with van der Waals surface area (Å²) in [6.07, 6.45) is 0. The first-order chi connectivity index (χ1) is 10.5. The molecule has 0 unspecified atom stereocenters. The van der Waals surface area contributed by atoms with Gasteiger partial charge in [-0.3, -0.25) is 4.79 Å². The number of carbonyl (C=O) groups excluding carboxylic acids is 1. The molecule has 0 saturated heterocycles. The van der Waals surface area contributed by atoms with Gasteiger partial charge in [-0.25, -0.2) is 0 Å². The maximum absolute atomic E-state index is 12.2. The molecule has 0 fully saturated rings. The predicted octanol–water partition coefficient (Wildman–Crippen LogP) is 5.71. The fourth-order valence-electron chi connectivity index (χ4n) is 2.19. The molecule has 1 aromatic heterocycles. The molecule has 5 heteroatoms. The van der Waals surface area contributed by atoms with Crippen molar-refractivity contribution >= 4 is 46.3 Å². The molecule has 2 aromatic rings. The van der Waals surface area contributed by atoms with E-state index in [1.54, 1.807) is 23.1 Å². The summed E-state index contributed by atoms with van der Waals surface area (Å²) in [6.45, 7) is 6.31. The van der Waals surface area contributed by atoms with Crippen LogP contribution in [0.2, 0.25) is 4.34 Å². The Kier molecular flexibility index (Phi) is 6.36. The summed E-state index contributed by atoms with van der Waals surface area (Å²) in [6, 6.07) is 10.0. The normalized spacial score (nSPS) is 11.0. The van der Waals surface area contributed by atoms with E-state index < -0.39 is 0 Å². The Morgan fingerprint density at radius 2 is 2.09 bits per heavy atom. The number of anilines is 1. The second-order valence-corrected chi connectivity index (χ2v) is 8.23. The first-order valence-electron chi connectivity index (χ1n) is 7.18. The number of aryl methyl sites for hydroxylation is 1. The highest BCUT2D eigenvalue weighted by molar-refractivity contribution is 7.99. The van der Waals surface area contributed by atoms with Crippen LogP contribution in [-0.4, -0.2) is 11.7 Å². The van der Waals surface area contributed by atoms with Crippen LogP contribution in [0, 0.1) is 6.92 Å². The molecule has 0 aliphatic carbocycles. The summed E-state index contributed by atoms with van der Waals surface area (Å²) in [5.41, 5.74) is 3.25. The van der Waals surface area contributed by atoms with Crippen LogP contribution in [0.25, 0.3) is 0 Å². The van der Waals surface area contributed by atoms with Crippen LogP contribution in [0.4, 0.5) is 5.69 Å². The molecule has 0 saturated carbocycles. The van der Waals surface area contributed by atoms with Gasteiger partial charge in [-0.05, 0) is 36.1 Å². The zero-order valence-electron chi connectivity index (χ0n) is 13.0. The number of para-hydroxylation sites is 1. The third-order valence-corrected chi connectivity index (χ3v) is 5.69. The zero-order valence-corrected chi connectivity index (χ0v) is 15.4. The Morgan fingerprint density at radius 1 is 1.32 bits per heavy atom. The van der Waals surface area contributed by atoms with Gasteiger partial charge in [0.15, 0.2) is 0 Å². The summed E-state index contributed by atoms with van der Waals surface area (Å²) in [5, 5.41) is 3.07. The molecule has 1 N–H and O–H groups in total. The summed E-state index contributed by atoms with van der Waals surface area (Å²) < 4.78 is 0.793. The van der Waals surface area contributed by atoms with Crippen molar-refractivity contribution in [2.45, 2.75) is 32.4 Å². The van der Waals surface area contributed by atoms with E-state index in [0.717, 1.165) is 21.3 Å². The molecule has 118 valence electrons. The zero-order chi connectivity index (χ0) is 16.1. The Morgan fingerprint density at radius 3 is 2.73 bits per heavy atom. The van der Waals surface area contributed by atoms with Gasteiger partial charge >= 0.3 is 0 Å². The van der Waals surface area contributed by atoms with Gasteiger partial charge in [-0.15, -0.1) is 23.1 Å². The standard InChI is InChI=1S/C17H20ClNOS2/c1-11(2)14-6-4-5-12(3)17(14)19-16(20)10-21-9-13-7-8-15(18)22-13/h4-8,11H,9-10H2,1-3H3,(H,19,20). The number of thioether (sulfide) groups is 1. The topological polar surface area (TPSA) is 29.1 Å². The fraction of sp³-hybridized carbons (Fsp3) is 0.353. The van der Waals surface area contributed by atoms with Crippen LogP contribution in [-0.2, 0) is 10.5 Å². The van der Waals surface area contributed by atoms with Gasteiger partial charge in [0.05, 0.1) is 10.1 Å². The molecule has 0 aliphatic heterocycles. The first-order valence-corrected chi connectivity index (χ1v) is 9.53. The van der Waals surface area contributed by atoms with Gasteiger partial charge in [-0.2, -0.15) is 0 Å². The summed E-state index contributed by atoms with van der Waals surface area (Å²) >= 11 is 9.08. The van der Waals surface area contributed by atoms with Crippen molar-refractivity contribution in [3.63, 3.8) is 0 Å². The van der Waals surface area contributed by atoms with Crippen molar-refractivity contribution in [3.05, 3.63) is 50.7 Å². The smallest absolute Gasteiger partial charge is 0.234 e. The largest absolute Gasteiger partial charge is 0.325 e. The number of carbonyl (C=O) groups is 1. The van der Waals surface area contributed by atoms with E-state index in [1.165, 1.54) is 10.4 Å². The van der Waals surface area contributed by atoms with Gasteiger partial charge in [0.25, 0.3) is 0 Å². The van der Waals surface area contributed by atoms with Crippen molar-refractivity contribution in [1.82, 2.24) is 0 Å². The summed E-state index contributed by atoms with van der Waals surface area (Å²) in [7, 11) is 0. The number of benzene rings is 1. The van der Waals surface area contributed by atoms with Crippen LogP contribution in [0.3, 0.4) is 0 Å². The van der Waals surface area contributed by atoms with E-state index in [9.17, 15) is 4.79 Å². The molecule has 22 heavy (non-hydrogen) atoms. The molecule has 0 spiro atoms. The molecule has 0 aliphatic rings. The van der Waals surface area contributed by atoms with Crippen molar-refractivity contribution in [1.29, 1.82) is 0 Å². The molecule has 2 rings (SSSR count). The lowest BCUT2D eigenvalue weighted by atomic mass is 9.98. The summed E-state index contributed by atoms with van der Waals surface area (Å²) in [5.74, 6) is 1.69. The molecular formula is C17H20ClNOS2. The van der Waals surface area contributed by atoms with E-state index in [-0.39, 0.29) is 5.91 Å². The van der Waals surface area contributed by atoms with Gasteiger partial charge in [0, 0.05) is 16.3 Å². The Bertz CT molecular complexity index is 652. The van der Waals surface area contributed by atoms with Gasteiger partial charge in [-0.1, -0.05) is 43.6 Å². The van der Waals surface area contributed by atoms with Gasteiger partial charge < -0.3 is 5.32 Å². The molecule has 0 bridgehead atoms. The lowest BCUT2D eigenvalue weighted by Crippen LogP contribution is -2.16. The van der Waals surface area contributed by atoms with Crippen LogP contribution in [0.15, 0.2) is 30.3 Å². The second kappa shape index (κ2) is 8.04. The highest BCUT2D eigenvalue weighted by Crippen LogP contribution is 2.28. The first kappa shape index (κ1) is 17.4. The Hall–Kier alpha value is -0.970. The number of amides is 1. The highest BCUT2D eigenvalue weighted by atomic mass is 35.5. The summed E-state index contributed by atoms with van der Waals surface area (Å²) in [4.78, 5) is 13.4. The van der Waals surface area contributed by atoms with E-state index in [2.05, 4.69) is 25.2 Å². The number of rotatable bonds is 6. The quantitative estimate of drug-likeness (QED) is 0.721. The van der Waals surface area contributed by atoms with Crippen LogP contribution in [0.5, 0.6) is 0 Å². The number of halogens is 1. The molecule has 1 amide bonds. The minimum atomic E-state index is 0.0452. The molecule has 0 atom stereocenters. The van der Waals surface area contributed by atoms with Gasteiger partial charge in [0.1, 0.15) is 0 Å². The number of hydrogen-bond acceptors (Lipinski definition) is 3. The van der Waals surface area contributed by atoms with Crippen LogP contribution in [0.1, 0.15) is 35.8 Å². The van der Waals surface area contributed by atoms with Crippen molar-refractivity contribution in [3.8, 4) is 0 Å². The number of hydrogen-bond donors (Lipinski definition) is 1. The molecular weight excluding hydrogens is 334 g/mol. The average molecular weight is 354 g/mol. The molecule has 1 heterocycles. The van der Waals surface area contributed by atoms with Crippen LogP contribution < -0.4 is 5.32 Å². The molecule has 0 radical (unpaired) electrons. The van der Waals surface area contributed by atoms with E-state index in [4.69, 9.17) is 11.6 Å². The lowest BCUT2D eigenvalue weighted by Gasteiger charge is -2.16. The van der Waals surface area contributed by atoms with E-state index in [1.807, 2.05) is 31.2 Å². The Balaban J connectivity index is 1.92. The van der Waals surface area contributed by atoms with Crippen molar-refractivity contribution < 1.29 is 4.79 Å². The van der Waals surface area contributed by atoms with Gasteiger partial charge in [0.2, 0.25) is 5.91 Å². The molecule has 1 aromatic carbocycles. The van der Waals surface area contributed by atoms with Crippen LogP contribution >= 0.6 is 34.7 Å². The number of thiophene rings is 1. The maximum Gasteiger partial charge on any atom is 0.234 e. The third-order valence-electron chi connectivity index (χ3n) is 3.30. The third kappa shape index (κ3) is 4.77.